The van der Waals surface area contributed by atoms with Crippen LogP contribution in [0.25, 0.3) is 11.0 Å². The minimum atomic E-state index is -0.914. The van der Waals surface area contributed by atoms with Crippen LogP contribution in [0.5, 0.6) is 0 Å². The Morgan fingerprint density at radius 1 is 1.21 bits per heavy atom. The van der Waals surface area contributed by atoms with E-state index in [1.54, 1.807) is 32.3 Å². The standard InChI is InChI=1S/C14H21N3O2/c1-13(2,18)8-17-11-6-5-9(14(3,4)19)7-10(11)16-12(17)15/h5-7,18-19H,8H2,1-4H3,(H2,15,16). The zero-order valence-corrected chi connectivity index (χ0v) is 11.8. The Morgan fingerprint density at radius 2 is 1.84 bits per heavy atom. The molecule has 0 radical (unpaired) electrons. The van der Waals surface area contributed by atoms with Gasteiger partial charge in [-0.25, -0.2) is 4.98 Å². The number of rotatable bonds is 3. The zero-order valence-electron chi connectivity index (χ0n) is 11.8. The fourth-order valence-electron chi connectivity index (χ4n) is 2.08. The van der Waals surface area contributed by atoms with E-state index >= 15 is 0 Å². The first-order valence-corrected chi connectivity index (χ1v) is 6.29. The van der Waals surface area contributed by atoms with Crippen LogP contribution in [-0.4, -0.2) is 25.4 Å². The Hall–Kier alpha value is -1.59. The molecule has 1 heterocycles. The number of nitrogens with zero attached hydrogens (tertiary/aromatic N) is 2. The molecule has 0 spiro atoms. The van der Waals surface area contributed by atoms with Crippen molar-refractivity contribution in [1.29, 1.82) is 0 Å². The normalized spacial score (nSPS) is 13.2. The van der Waals surface area contributed by atoms with Crippen LogP contribution in [0, 0.1) is 0 Å². The molecule has 104 valence electrons. The number of hydrogen-bond acceptors (Lipinski definition) is 4. The van der Waals surface area contributed by atoms with Gasteiger partial charge in [0, 0.05) is 0 Å². The molecule has 0 saturated heterocycles. The molecule has 0 atom stereocenters. The lowest BCUT2D eigenvalue weighted by Gasteiger charge is -2.20. The number of hydrogen-bond donors (Lipinski definition) is 3. The second-order valence-electron chi connectivity index (χ2n) is 6.13. The van der Waals surface area contributed by atoms with Crippen LogP contribution in [0.2, 0.25) is 0 Å². The third-order valence-electron chi connectivity index (χ3n) is 3.03. The van der Waals surface area contributed by atoms with Crippen molar-refractivity contribution in [1.82, 2.24) is 9.55 Å². The number of anilines is 1. The van der Waals surface area contributed by atoms with Crippen LogP contribution in [0.1, 0.15) is 33.3 Å². The van der Waals surface area contributed by atoms with Gasteiger partial charge in [0.2, 0.25) is 5.95 Å². The highest BCUT2D eigenvalue weighted by atomic mass is 16.3. The number of benzene rings is 1. The van der Waals surface area contributed by atoms with Crippen LogP contribution in [0.15, 0.2) is 18.2 Å². The summed E-state index contributed by atoms with van der Waals surface area (Å²) in [7, 11) is 0. The Kier molecular flexibility index (Phi) is 3.07. The fourth-order valence-corrected chi connectivity index (χ4v) is 2.08. The van der Waals surface area contributed by atoms with Gasteiger partial charge in [-0.3, -0.25) is 0 Å². The van der Waals surface area contributed by atoms with E-state index in [1.807, 2.05) is 18.2 Å². The first-order valence-electron chi connectivity index (χ1n) is 6.29. The van der Waals surface area contributed by atoms with Gasteiger partial charge < -0.3 is 20.5 Å². The summed E-state index contributed by atoms with van der Waals surface area (Å²) in [6.45, 7) is 7.28. The van der Waals surface area contributed by atoms with Crippen molar-refractivity contribution in [2.45, 2.75) is 45.4 Å². The van der Waals surface area contributed by atoms with Crippen LogP contribution in [0.4, 0.5) is 5.95 Å². The molecule has 1 aromatic heterocycles. The minimum Gasteiger partial charge on any atom is -0.389 e. The number of imidazole rings is 1. The summed E-state index contributed by atoms with van der Waals surface area (Å²) in [6.07, 6.45) is 0. The summed E-state index contributed by atoms with van der Waals surface area (Å²) in [4.78, 5) is 4.29. The SMILES string of the molecule is CC(C)(O)Cn1c(N)nc2cc(C(C)(C)O)ccc21. The third kappa shape index (κ3) is 2.88. The second-order valence-corrected chi connectivity index (χ2v) is 6.13. The Labute approximate surface area is 112 Å². The van der Waals surface area contributed by atoms with Crippen molar-refractivity contribution >= 4 is 17.0 Å². The molecule has 4 N–H and O–H groups in total. The molecule has 1 aromatic carbocycles. The van der Waals surface area contributed by atoms with Gasteiger partial charge in [-0.2, -0.15) is 0 Å². The average Bonchev–Trinajstić information content (AvgIpc) is 2.51. The van der Waals surface area contributed by atoms with Gasteiger partial charge in [-0.05, 0) is 45.4 Å². The van der Waals surface area contributed by atoms with Gasteiger partial charge in [0.1, 0.15) is 0 Å². The minimum absolute atomic E-state index is 0.366. The summed E-state index contributed by atoms with van der Waals surface area (Å²) in [5.41, 5.74) is 6.48. The fraction of sp³-hybridized carbons (Fsp3) is 0.500. The molecule has 0 aliphatic rings. The molecular formula is C14H21N3O2. The molecule has 2 aromatic rings. The summed E-state index contributed by atoms with van der Waals surface area (Å²) >= 11 is 0. The Balaban J connectivity index is 2.54. The number of fused-ring (bicyclic) bond motifs is 1. The number of aromatic nitrogens is 2. The number of nitrogens with two attached hydrogens (primary N) is 1. The zero-order chi connectivity index (χ0) is 14.4. The van der Waals surface area contributed by atoms with Crippen LogP contribution >= 0.6 is 0 Å². The second kappa shape index (κ2) is 4.21. The average molecular weight is 263 g/mol. The van der Waals surface area contributed by atoms with Crippen LogP contribution < -0.4 is 5.73 Å². The van der Waals surface area contributed by atoms with Crippen molar-refractivity contribution in [3.05, 3.63) is 23.8 Å². The highest BCUT2D eigenvalue weighted by molar-refractivity contribution is 5.79. The van der Waals surface area contributed by atoms with E-state index in [0.29, 0.717) is 12.5 Å². The number of aliphatic hydroxyl groups is 2. The summed E-state index contributed by atoms with van der Waals surface area (Å²) in [5, 5.41) is 19.9. The Bertz CT molecular complexity index is 603. The van der Waals surface area contributed by atoms with Gasteiger partial charge in [-0.15, -0.1) is 0 Å². The third-order valence-corrected chi connectivity index (χ3v) is 3.03. The predicted octanol–water partition coefficient (Wildman–Crippen LogP) is 1.62. The van der Waals surface area contributed by atoms with Crippen LogP contribution in [-0.2, 0) is 12.1 Å². The smallest absolute Gasteiger partial charge is 0.201 e. The first-order chi connectivity index (χ1) is 8.58. The molecule has 0 bridgehead atoms. The molecule has 0 amide bonds. The maximum absolute atomic E-state index is 10.0. The van der Waals surface area contributed by atoms with Gasteiger partial charge in [-0.1, -0.05) is 6.07 Å². The maximum Gasteiger partial charge on any atom is 0.201 e. The molecule has 0 unspecified atom stereocenters. The summed E-state index contributed by atoms with van der Waals surface area (Å²) in [6, 6.07) is 5.55. The monoisotopic (exact) mass is 263 g/mol. The van der Waals surface area contributed by atoms with E-state index in [4.69, 9.17) is 5.73 Å². The molecular weight excluding hydrogens is 242 g/mol. The highest BCUT2D eigenvalue weighted by Crippen LogP contribution is 2.26. The first kappa shape index (κ1) is 13.8. The highest BCUT2D eigenvalue weighted by Gasteiger charge is 2.20. The summed E-state index contributed by atoms with van der Waals surface area (Å²) < 4.78 is 1.78. The van der Waals surface area contributed by atoms with Crippen molar-refractivity contribution in [2.24, 2.45) is 0 Å². The van der Waals surface area contributed by atoms with Crippen molar-refractivity contribution in [3.8, 4) is 0 Å². The molecule has 0 aliphatic heterocycles. The lowest BCUT2D eigenvalue weighted by Crippen LogP contribution is -2.26. The predicted molar refractivity (Wildman–Crippen MR) is 75.7 cm³/mol. The Morgan fingerprint density at radius 3 is 2.37 bits per heavy atom. The maximum atomic E-state index is 10.0. The molecule has 5 nitrogen and oxygen atoms in total. The molecule has 0 saturated carbocycles. The summed E-state index contributed by atoms with van der Waals surface area (Å²) in [5.74, 6) is 0.366. The van der Waals surface area contributed by atoms with E-state index in [0.717, 1.165) is 16.6 Å². The topological polar surface area (TPSA) is 84.3 Å². The molecule has 19 heavy (non-hydrogen) atoms. The van der Waals surface area contributed by atoms with Gasteiger partial charge >= 0.3 is 0 Å². The lowest BCUT2D eigenvalue weighted by atomic mass is 9.98. The molecule has 2 rings (SSSR count). The van der Waals surface area contributed by atoms with E-state index in [2.05, 4.69) is 4.98 Å². The van der Waals surface area contributed by atoms with E-state index < -0.39 is 11.2 Å². The van der Waals surface area contributed by atoms with E-state index in [-0.39, 0.29) is 0 Å². The van der Waals surface area contributed by atoms with E-state index in [1.165, 1.54) is 0 Å². The van der Waals surface area contributed by atoms with Gasteiger partial charge in [0.25, 0.3) is 0 Å². The quantitative estimate of drug-likeness (QED) is 0.785. The van der Waals surface area contributed by atoms with Crippen molar-refractivity contribution in [3.63, 3.8) is 0 Å². The lowest BCUT2D eigenvalue weighted by molar-refractivity contribution is 0.0632. The molecule has 0 aliphatic carbocycles. The van der Waals surface area contributed by atoms with E-state index in [9.17, 15) is 10.2 Å². The van der Waals surface area contributed by atoms with Gasteiger partial charge in [0.15, 0.2) is 0 Å². The number of nitrogen functional groups attached to an aromatic ring is 1. The molecule has 0 fully saturated rings. The molecule has 5 heteroatoms. The van der Waals surface area contributed by atoms with Gasteiger partial charge in [0.05, 0.1) is 28.8 Å². The largest absolute Gasteiger partial charge is 0.389 e. The van der Waals surface area contributed by atoms with Crippen LogP contribution in [0.3, 0.4) is 0 Å². The van der Waals surface area contributed by atoms with Crippen molar-refractivity contribution in [2.75, 3.05) is 5.73 Å². The van der Waals surface area contributed by atoms with Crippen molar-refractivity contribution < 1.29 is 10.2 Å².